The zero-order valence-corrected chi connectivity index (χ0v) is 20.7. The molecular weight excluding hydrogens is 456 g/mol. The zero-order valence-electron chi connectivity index (χ0n) is 19.1. The molecule has 1 amide bonds. The first-order chi connectivity index (χ1) is 16.0. The minimum absolute atomic E-state index is 0.113. The Labute approximate surface area is 204 Å². The molecule has 0 unspecified atom stereocenters. The molecule has 2 aromatic carbocycles. The van der Waals surface area contributed by atoms with Gasteiger partial charge in [0.25, 0.3) is 0 Å². The Morgan fingerprint density at radius 2 is 1.94 bits per heavy atom. The number of nitrogens with zero attached hydrogens (tertiary/aromatic N) is 4. The van der Waals surface area contributed by atoms with E-state index < -0.39 is 0 Å². The number of amides is 1. The number of carbonyl (C=O) groups excluding carboxylic acids is 1. The normalized spacial score (nSPS) is 13.1. The number of carbonyl (C=O) groups is 1. The highest BCUT2D eigenvalue weighted by atomic mass is 35.5. The fourth-order valence-corrected chi connectivity index (χ4v) is 4.59. The molecule has 0 bridgehead atoms. The summed E-state index contributed by atoms with van der Waals surface area (Å²) in [6.07, 6.45) is 3.29. The second-order valence-corrected chi connectivity index (χ2v) is 9.09. The summed E-state index contributed by atoms with van der Waals surface area (Å²) in [6, 6.07) is 13.7. The maximum absolute atomic E-state index is 13.0. The van der Waals surface area contributed by atoms with Crippen molar-refractivity contribution in [2.75, 3.05) is 13.7 Å². The minimum Gasteiger partial charge on any atom is -0.497 e. The van der Waals surface area contributed by atoms with Crippen molar-refractivity contribution in [3.8, 4) is 17.1 Å². The largest absolute Gasteiger partial charge is 0.497 e. The molecule has 6 nitrogen and oxygen atoms in total. The monoisotopic (exact) mass is 484 g/mol. The lowest BCUT2D eigenvalue weighted by Gasteiger charge is -2.29. The van der Waals surface area contributed by atoms with Crippen LogP contribution in [-0.4, -0.2) is 38.8 Å². The van der Waals surface area contributed by atoms with Crippen molar-refractivity contribution < 1.29 is 9.53 Å². The van der Waals surface area contributed by atoms with Crippen molar-refractivity contribution in [2.45, 2.75) is 52.2 Å². The summed E-state index contributed by atoms with van der Waals surface area (Å²) < 4.78 is 9.84. The molecule has 0 radical (unpaired) electrons. The van der Waals surface area contributed by atoms with E-state index in [0.717, 1.165) is 55.1 Å². The van der Waals surface area contributed by atoms with Crippen LogP contribution in [0.15, 0.2) is 42.5 Å². The lowest BCUT2D eigenvalue weighted by Crippen LogP contribution is -2.36. The zero-order chi connectivity index (χ0) is 23.4. The molecule has 0 atom stereocenters. The molecule has 0 fully saturated rings. The minimum atomic E-state index is 0.113. The summed E-state index contributed by atoms with van der Waals surface area (Å²) in [6.45, 7) is 4.74. The standard InChI is InChI=1S/C25H29ClN4O2S/c1-3-4-13-29-24(19-5-8-21(26)9-6-19)27-30(25(29)33)15-12-23(31)28-14-11-18-7-10-22(32-2)16-20(18)17-28/h5-10,16H,3-4,11-15,17H2,1-2H3. The van der Waals surface area contributed by atoms with E-state index in [1.165, 1.54) is 5.56 Å². The van der Waals surface area contributed by atoms with Crippen LogP contribution >= 0.6 is 23.8 Å². The number of aromatic nitrogens is 3. The molecule has 33 heavy (non-hydrogen) atoms. The van der Waals surface area contributed by atoms with Crippen LogP contribution in [0.5, 0.6) is 5.75 Å². The number of ether oxygens (including phenoxy) is 1. The molecule has 1 aromatic heterocycles. The topological polar surface area (TPSA) is 52.3 Å². The number of fused-ring (bicyclic) bond motifs is 1. The number of hydrogen-bond acceptors (Lipinski definition) is 4. The first-order valence-corrected chi connectivity index (χ1v) is 12.2. The smallest absolute Gasteiger partial charge is 0.224 e. The molecule has 1 aliphatic heterocycles. The summed E-state index contributed by atoms with van der Waals surface area (Å²) in [5.74, 6) is 1.75. The molecule has 174 valence electrons. The average molecular weight is 485 g/mol. The lowest BCUT2D eigenvalue weighted by atomic mass is 9.99. The Kier molecular flexibility index (Phi) is 7.50. The summed E-state index contributed by atoms with van der Waals surface area (Å²) >= 11 is 11.8. The molecule has 4 rings (SSSR count). The van der Waals surface area contributed by atoms with E-state index >= 15 is 0 Å². The fraction of sp³-hybridized carbons (Fsp3) is 0.400. The highest BCUT2D eigenvalue weighted by molar-refractivity contribution is 7.71. The van der Waals surface area contributed by atoms with Crippen LogP contribution in [0.25, 0.3) is 11.4 Å². The second kappa shape index (κ2) is 10.5. The summed E-state index contributed by atoms with van der Waals surface area (Å²) in [7, 11) is 1.66. The number of hydrogen-bond donors (Lipinski definition) is 0. The Morgan fingerprint density at radius 1 is 1.15 bits per heavy atom. The van der Waals surface area contributed by atoms with Gasteiger partial charge in [0.05, 0.1) is 13.7 Å². The molecular formula is C25H29ClN4O2S. The third-order valence-electron chi connectivity index (χ3n) is 6.08. The van der Waals surface area contributed by atoms with Crippen LogP contribution < -0.4 is 4.74 Å². The van der Waals surface area contributed by atoms with Gasteiger partial charge in [-0.3, -0.25) is 9.36 Å². The van der Waals surface area contributed by atoms with Crippen LogP contribution in [-0.2, 0) is 30.8 Å². The van der Waals surface area contributed by atoms with Crippen LogP contribution in [0.2, 0.25) is 5.02 Å². The van der Waals surface area contributed by atoms with Crippen molar-refractivity contribution in [1.29, 1.82) is 0 Å². The van der Waals surface area contributed by atoms with Crippen LogP contribution in [0.3, 0.4) is 0 Å². The highest BCUT2D eigenvalue weighted by Gasteiger charge is 2.22. The molecule has 0 aliphatic carbocycles. The molecule has 3 aromatic rings. The molecule has 2 heterocycles. The summed E-state index contributed by atoms with van der Waals surface area (Å²) in [4.78, 5) is 14.9. The fourth-order valence-electron chi connectivity index (χ4n) is 4.15. The van der Waals surface area contributed by atoms with Gasteiger partial charge in [0.15, 0.2) is 10.6 Å². The molecule has 1 aliphatic rings. The van der Waals surface area contributed by atoms with Crippen molar-refractivity contribution >= 4 is 29.7 Å². The van der Waals surface area contributed by atoms with Crippen molar-refractivity contribution in [3.05, 3.63) is 63.4 Å². The molecule has 8 heteroatoms. The third-order valence-corrected chi connectivity index (χ3v) is 6.76. The van der Waals surface area contributed by atoms with E-state index in [2.05, 4.69) is 17.6 Å². The van der Waals surface area contributed by atoms with Gasteiger partial charge in [-0.1, -0.05) is 31.0 Å². The number of aryl methyl sites for hydroxylation is 1. The third kappa shape index (κ3) is 5.31. The van der Waals surface area contributed by atoms with Crippen LogP contribution in [0.1, 0.15) is 37.3 Å². The molecule has 0 saturated carbocycles. The SMILES string of the molecule is CCCCn1c(-c2ccc(Cl)cc2)nn(CCC(=O)N2CCc3ccc(OC)cc3C2)c1=S. The van der Waals surface area contributed by atoms with Crippen LogP contribution in [0.4, 0.5) is 0 Å². The maximum Gasteiger partial charge on any atom is 0.224 e. The number of rotatable bonds is 8. The maximum atomic E-state index is 13.0. The number of benzene rings is 2. The van der Waals surface area contributed by atoms with Gasteiger partial charge in [0.1, 0.15) is 5.75 Å². The number of methoxy groups -OCH3 is 1. The van der Waals surface area contributed by atoms with E-state index in [4.69, 9.17) is 33.7 Å². The lowest BCUT2D eigenvalue weighted by molar-refractivity contribution is -0.132. The predicted octanol–water partition coefficient (Wildman–Crippen LogP) is 5.52. The highest BCUT2D eigenvalue weighted by Crippen LogP contribution is 2.25. The molecule has 0 spiro atoms. The van der Waals surface area contributed by atoms with Gasteiger partial charge in [-0.25, -0.2) is 4.68 Å². The summed E-state index contributed by atoms with van der Waals surface area (Å²) in [5, 5.41) is 5.47. The first kappa shape index (κ1) is 23.5. The van der Waals surface area contributed by atoms with E-state index in [0.29, 0.717) is 29.3 Å². The van der Waals surface area contributed by atoms with E-state index in [9.17, 15) is 4.79 Å². The quantitative estimate of drug-likeness (QED) is 0.395. The van der Waals surface area contributed by atoms with Crippen molar-refractivity contribution in [3.63, 3.8) is 0 Å². The Morgan fingerprint density at radius 3 is 2.67 bits per heavy atom. The van der Waals surface area contributed by atoms with E-state index in [1.807, 2.05) is 41.3 Å². The van der Waals surface area contributed by atoms with Gasteiger partial charge in [0, 0.05) is 36.6 Å². The number of unbranched alkanes of at least 4 members (excludes halogenated alkanes) is 1. The van der Waals surface area contributed by atoms with Gasteiger partial charge in [-0.05, 0) is 72.6 Å². The molecule has 0 saturated heterocycles. The van der Waals surface area contributed by atoms with E-state index in [-0.39, 0.29) is 5.91 Å². The second-order valence-electron chi connectivity index (χ2n) is 8.29. The predicted molar refractivity (Wildman–Crippen MR) is 133 cm³/mol. The Bertz CT molecular complexity index is 1190. The average Bonchev–Trinajstić information content (AvgIpc) is 3.15. The van der Waals surface area contributed by atoms with Crippen molar-refractivity contribution in [1.82, 2.24) is 19.2 Å². The van der Waals surface area contributed by atoms with Gasteiger partial charge in [-0.15, -0.1) is 0 Å². The Balaban J connectivity index is 1.49. The number of halogens is 1. The van der Waals surface area contributed by atoms with E-state index in [1.54, 1.807) is 11.8 Å². The van der Waals surface area contributed by atoms with Gasteiger partial charge in [-0.2, -0.15) is 5.10 Å². The summed E-state index contributed by atoms with van der Waals surface area (Å²) in [5.41, 5.74) is 3.40. The van der Waals surface area contributed by atoms with Gasteiger partial charge in [0.2, 0.25) is 5.91 Å². The Hall–Kier alpha value is -2.64. The first-order valence-electron chi connectivity index (χ1n) is 11.4. The van der Waals surface area contributed by atoms with Crippen molar-refractivity contribution in [2.24, 2.45) is 0 Å². The van der Waals surface area contributed by atoms with Crippen LogP contribution in [0, 0.1) is 4.77 Å². The van der Waals surface area contributed by atoms with Gasteiger partial charge < -0.3 is 9.64 Å². The molecule has 0 N–H and O–H groups in total. The van der Waals surface area contributed by atoms with Gasteiger partial charge >= 0.3 is 0 Å².